The summed E-state index contributed by atoms with van der Waals surface area (Å²) in [5, 5.41) is 8.14. The van der Waals surface area contributed by atoms with Gasteiger partial charge in [-0.25, -0.2) is 4.68 Å². The van der Waals surface area contributed by atoms with Crippen LogP contribution in [-0.2, 0) is 0 Å². The van der Waals surface area contributed by atoms with Crippen LogP contribution >= 0.6 is 0 Å². The van der Waals surface area contributed by atoms with Gasteiger partial charge in [0.1, 0.15) is 0 Å². The van der Waals surface area contributed by atoms with E-state index < -0.39 is 0 Å². The Balaban J connectivity index is 2.10. The first-order chi connectivity index (χ1) is 8.84. The van der Waals surface area contributed by atoms with Crippen LogP contribution in [0.2, 0.25) is 0 Å². The molecule has 0 fully saturated rings. The third-order valence-electron chi connectivity index (χ3n) is 2.84. The zero-order valence-electron chi connectivity index (χ0n) is 10.0. The molecule has 0 N–H and O–H groups in total. The molecular weight excluding hydrogens is 222 g/mol. The van der Waals surface area contributed by atoms with Crippen molar-refractivity contribution in [1.29, 1.82) is 0 Å². The standard InChI is InChI=1S/C15H12N3/c1-12-7-9-13(10-8-12)15-11-16-17-18(15)14-5-3-2-4-6-14/h3-11H,1H3. The van der Waals surface area contributed by atoms with E-state index in [1.54, 1.807) is 6.20 Å². The zero-order valence-corrected chi connectivity index (χ0v) is 10.0. The lowest BCUT2D eigenvalue weighted by molar-refractivity contribution is 0.808. The topological polar surface area (TPSA) is 30.7 Å². The van der Waals surface area contributed by atoms with Gasteiger partial charge in [0.15, 0.2) is 0 Å². The SMILES string of the molecule is Cc1ccc(-c2cnnn2-c2cc[c]cc2)cc1. The predicted molar refractivity (Wildman–Crippen MR) is 70.4 cm³/mol. The summed E-state index contributed by atoms with van der Waals surface area (Å²) in [5.74, 6) is 0. The van der Waals surface area contributed by atoms with Crippen molar-refractivity contribution >= 4 is 0 Å². The summed E-state index contributed by atoms with van der Waals surface area (Å²) in [7, 11) is 0. The van der Waals surface area contributed by atoms with E-state index in [9.17, 15) is 0 Å². The fraction of sp³-hybridized carbons (Fsp3) is 0.0667. The minimum Gasteiger partial charge on any atom is -0.213 e. The lowest BCUT2D eigenvalue weighted by Crippen LogP contribution is -1.98. The second kappa shape index (κ2) is 4.45. The maximum Gasteiger partial charge on any atom is 0.0944 e. The fourth-order valence-electron chi connectivity index (χ4n) is 1.87. The highest BCUT2D eigenvalue weighted by Gasteiger charge is 2.07. The van der Waals surface area contributed by atoms with Crippen LogP contribution in [0.5, 0.6) is 0 Å². The number of rotatable bonds is 2. The molecule has 0 unspecified atom stereocenters. The molecular formula is C15H12N3. The maximum atomic E-state index is 4.14. The third-order valence-corrected chi connectivity index (χ3v) is 2.84. The zero-order chi connectivity index (χ0) is 12.4. The Morgan fingerprint density at radius 2 is 1.72 bits per heavy atom. The van der Waals surface area contributed by atoms with Gasteiger partial charge in [-0.05, 0) is 25.1 Å². The van der Waals surface area contributed by atoms with Crippen molar-refractivity contribution in [3.05, 3.63) is 66.4 Å². The summed E-state index contributed by atoms with van der Waals surface area (Å²) < 4.78 is 1.83. The van der Waals surface area contributed by atoms with Crippen molar-refractivity contribution in [2.24, 2.45) is 0 Å². The van der Waals surface area contributed by atoms with Gasteiger partial charge in [-0.15, -0.1) is 5.10 Å². The van der Waals surface area contributed by atoms with Gasteiger partial charge in [-0.2, -0.15) is 0 Å². The van der Waals surface area contributed by atoms with Gasteiger partial charge in [0, 0.05) is 5.56 Å². The summed E-state index contributed by atoms with van der Waals surface area (Å²) in [6.45, 7) is 2.08. The highest BCUT2D eigenvalue weighted by Crippen LogP contribution is 2.21. The van der Waals surface area contributed by atoms with Gasteiger partial charge in [-0.3, -0.25) is 0 Å². The number of hydrogen-bond donors (Lipinski definition) is 0. The molecule has 1 aromatic heterocycles. The van der Waals surface area contributed by atoms with E-state index in [2.05, 4.69) is 47.6 Å². The molecule has 1 heterocycles. The molecule has 0 saturated heterocycles. The van der Waals surface area contributed by atoms with Gasteiger partial charge in [0.05, 0.1) is 17.6 Å². The maximum absolute atomic E-state index is 4.14. The van der Waals surface area contributed by atoms with Crippen LogP contribution in [-0.4, -0.2) is 15.0 Å². The van der Waals surface area contributed by atoms with E-state index in [4.69, 9.17) is 0 Å². The number of hydrogen-bond acceptors (Lipinski definition) is 2. The lowest BCUT2D eigenvalue weighted by Gasteiger charge is -2.06. The Morgan fingerprint density at radius 3 is 2.44 bits per heavy atom. The molecule has 0 amide bonds. The summed E-state index contributed by atoms with van der Waals surface area (Å²) in [5.41, 5.74) is 4.33. The molecule has 0 aliphatic heterocycles. The first-order valence-electron chi connectivity index (χ1n) is 5.79. The van der Waals surface area contributed by atoms with E-state index in [-0.39, 0.29) is 0 Å². The van der Waals surface area contributed by atoms with Gasteiger partial charge in [0.2, 0.25) is 0 Å². The number of aryl methyl sites for hydroxylation is 1. The lowest BCUT2D eigenvalue weighted by atomic mass is 10.1. The van der Waals surface area contributed by atoms with E-state index in [0.717, 1.165) is 16.9 Å². The molecule has 0 bridgehead atoms. The van der Waals surface area contributed by atoms with Crippen LogP contribution in [0.25, 0.3) is 16.9 Å². The smallest absolute Gasteiger partial charge is 0.0944 e. The van der Waals surface area contributed by atoms with Crippen LogP contribution < -0.4 is 0 Å². The van der Waals surface area contributed by atoms with Crippen molar-refractivity contribution in [2.75, 3.05) is 0 Å². The molecule has 3 nitrogen and oxygen atoms in total. The van der Waals surface area contributed by atoms with E-state index in [0.29, 0.717) is 0 Å². The number of benzene rings is 2. The van der Waals surface area contributed by atoms with E-state index in [1.165, 1.54) is 5.56 Å². The Kier molecular flexibility index (Phi) is 2.65. The third kappa shape index (κ3) is 1.91. The van der Waals surface area contributed by atoms with Crippen molar-refractivity contribution in [3.63, 3.8) is 0 Å². The summed E-state index contributed by atoms with van der Waals surface area (Å²) in [6.07, 6.45) is 1.78. The van der Waals surface area contributed by atoms with Crippen molar-refractivity contribution in [3.8, 4) is 16.9 Å². The largest absolute Gasteiger partial charge is 0.213 e. The van der Waals surface area contributed by atoms with Crippen molar-refractivity contribution in [1.82, 2.24) is 15.0 Å². The molecule has 3 heteroatoms. The van der Waals surface area contributed by atoms with Crippen molar-refractivity contribution in [2.45, 2.75) is 6.92 Å². The minimum absolute atomic E-state index is 0.987. The van der Waals surface area contributed by atoms with Gasteiger partial charge < -0.3 is 0 Å². The molecule has 1 radical (unpaired) electrons. The first-order valence-corrected chi connectivity index (χ1v) is 5.79. The molecule has 3 rings (SSSR count). The summed E-state index contributed by atoms with van der Waals surface area (Å²) >= 11 is 0. The van der Waals surface area contributed by atoms with E-state index >= 15 is 0 Å². The Bertz CT molecular complexity index is 639. The highest BCUT2D eigenvalue weighted by atomic mass is 15.4. The van der Waals surface area contributed by atoms with Crippen LogP contribution in [0.15, 0.2) is 54.7 Å². The molecule has 3 aromatic rings. The summed E-state index contributed by atoms with van der Waals surface area (Å²) in [4.78, 5) is 0. The Hall–Kier alpha value is -2.42. The van der Waals surface area contributed by atoms with Gasteiger partial charge in [-0.1, -0.05) is 47.2 Å². The Morgan fingerprint density at radius 1 is 1.00 bits per heavy atom. The molecule has 2 aromatic carbocycles. The molecule has 0 saturated carbocycles. The first kappa shape index (κ1) is 10.7. The second-order valence-corrected chi connectivity index (χ2v) is 4.16. The van der Waals surface area contributed by atoms with Crippen molar-refractivity contribution < 1.29 is 0 Å². The van der Waals surface area contributed by atoms with Gasteiger partial charge >= 0.3 is 0 Å². The highest BCUT2D eigenvalue weighted by molar-refractivity contribution is 5.61. The molecule has 0 atom stereocenters. The molecule has 18 heavy (non-hydrogen) atoms. The normalized spacial score (nSPS) is 10.5. The molecule has 0 spiro atoms. The molecule has 87 valence electrons. The van der Waals surface area contributed by atoms with Crippen LogP contribution in [0.3, 0.4) is 0 Å². The van der Waals surface area contributed by atoms with Gasteiger partial charge in [0.25, 0.3) is 0 Å². The average molecular weight is 234 g/mol. The van der Waals surface area contributed by atoms with Crippen LogP contribution in [0.1, 0.15) is 5.56 Å². The fourth-order valence-corrected chi connectivity index (χ4v) is 1.87. The minimum atomic E-state index is 0.987. The summed E-state index contributed by atoms with van der Waals surface area (Å²) in [6, 6.07) is 19.0. The monoisotopic (exact) mass is 234 g/mol. The number of nitrogens with zero attached hydrogens (tertiary/aromatic N) is 3. The molecule has 0 aliphatic rings. The van der Waals surface area contributed by atoms with Crippen LogP contribution in [0, 0.1) is 13.0 Å². The quantitative estimate of drug-likeness (QED) is 0.682. The van der Waals surface area contributed by atoms with E-state index in [1.807, 2.05) is 28.9 Å². The Labute approximate surface area is 106 Å². The molecule has 0 aliphatic carbocycles. The number of aromatic nitrogens is 3. The second-order valence-electron chi connectivity index (χ2n) is 4.16. The predicted octanol–water partition coefficient (Wildman–Crippen LogP) is 3.04. The van der Waals surface area contributed by atoms with Crippen LogP contribution in [0.4, 0.5) is 0 Å². The average Bonchev–Trinajstić information content (AvgIpc) is 2.90.